The van der Waals surface area contributed by atoms with Crippen molar-refractivity contribution >= 4 is 11.4 Å². The third-order valence-electron chi connectivity index (χ3n) is 5.89. The van der Waals surface area contributed by atoms with Crippen molar-refractivity contribution < 1.29 is 23.0 Å². The summed E-state index contributed by atoms with van der Waals surface area (Å²) in [5.41, 5.74) is 1.61. The maximum absolute atomic E-state index is 12.7. The molecule has 1 N–H and O–H groups in total. The maximum Gasteiger partial charge on any atom is 0.433 e. The van der Waals surface area contributed by atoms with Crippen LogP contribution in [0, 0.1) is 5.92 Å². The molecule has 2 fully saturated rings. The van der Waals surface area contributed by atoms with E-state index < -0.39 is 18.0 Å². The number of morpholine rings is 1. The van der Waals surface area contributed by atoms with Crippen molar-refractivity contribution in [1.82, 2.24) is 9.97 Å². The van der Waals surface area contributed by atoms with E-state index in [2.05, 4.69) is 14.9 Å². The summed E-state index contributed by atoms with van der Waals surface area (Å²) in [4.78, 5) is 12.0. The number of halogens is 3. The molecule has 0 saturated carbocycles. The van der Waals surface area contributed by atoms with Crippen molar-refractivity contribution in [2.45, 2.75) is 25.1 Å². The van der Waals surface area contributed by atoms with Gasteiger partial charge in [0.2, 0.25) is 0 Å². The average molecular weight is 422 g/mol. The van der Waals surface area contributed by atoms with Gasteiger partial charge in [-0.2, -0.15) is 13.2 Å². The minimum atomic E-state index is -4.43. The SMILES string of the molecule is OC(c1cnccc1N1CCOCC1)C1CCN(c2ccc(C(F)(F)F)nc2)CC1. The Bertz CT molecular complexity index is 833. The Morgan fingerprint density at radius 2 is 1.73 bits per heavy atom. The van der Waals surface area contributed by atoms with E-state index in [1.54, 1.807) is 12.4 Å². The van der Waals surface area contributed by atoms with Crippen molar-refractivity contribution in [3.63, 3.8) is 0 Å². The molecule has 6 nitrogen and oxygen atoms in total. The van der Waals surface area contributed by atoms with Crippen LogP contribution in [0.3, 0.4) is 0 Å². The summed E-state index contributed by atoms with van der Waals surface area (Å²) in [7, 11) is 0. The van der Waals surface area contributed by atoms with E-state index in [1.807, 2.05) is 11.0 Å². The normalized spacial score (nSPS) is 19.7. The molecular formula is C21H25F3N4O2. The minimum Gasteiger partial charge on any atom is -0.388 e. The second-order valence-corrected chi connectivity index (χ2v) is 7.70. The van der Waals surface area contributed by atoms with Crippen LogP contribution in [0.2, 0.25) is 0 Å². The summed E-state index contributed by atoms with van der Waals surface area (Å²) >= 11 is 0. The van der Waals surface area contributed by atoms with Crippen molar-refractivity contribution in [3.05, 3.63) is 48.0 Å². The van der Waals surface area contributed by atoms with Gasteiger partial charge in [0.1, 0.15) is 5.69 Å². The number of aliphatic hydroxyl groups excluding tert-OH is 1. The molecule has 0 radical (unpaired) electrons. The van der Waals surface area contributed by atoms with E-state index >= 15 is 0 Å². The number of hydrogen-bond acceptors (Lipinski definition) is 6. The highest BCUT2D eigenvalue weighted by Crippen LogP contribution is 2.37. The van der Waals surface area contributed by atoms with Gasteiger partial charge in [0.15, 0.2) is 0 Å². The lowest BCUT2D eigenvalue weighted by Crippen LogP contribution is -2.38. The van der Waals surface area contributed by atoms with Crippen molar-refractivity contribution in [2.24, 2.45) is 5.92 Å². The van der Waals surface area contributed by atoms with Crippen molar-refractivity contribution in [1.29, 1.82) is 0 Å². The number of aliphatic hydroxyl groups is 1. The molecule has 0 aromatic carbocycles. The fourth-order valence-corrected chi connectivity index (χ4v) is 4.19. The van der Waals surface area contributed by atoms with Crippen molar-refractivity contribution in [2.75, 3.05) is 49.2 Å². The molecule has 0 bridgehead atoms. The number of ether oxygens (including phenoxy) is 1. The number of nitrogens with zero attached hydrogens (tertiary/aromatic N) is 4. The van der Waals surface area contributed by atoms with Crippen LogP contribution in [0.1, 0.15) is 30.2 Å². The largest absolute Gasteiger partial charge is 0.433 e. The first-order chi connectivity index (χ1) is 14.4. The molecule has 0 amide bonds. The molecule has 4 rings (SSSR count). The van der Waals surface area contributed by atoms with E-state index in [1.165, 1.54) is 12.3 Å². The first-order valence-electron chi connectivity index (χ1n) is 10.2. The number of aromatic nitrogens is 2. The molecule has 4 heterocycles. The number of anilines is 2. The monoisotopic (exact) mass is 422 g/mol. The Balaban J connectivity index is 1.41. The van der Waals surface area contributed by atoms with Gasteiger partial charge in [-0.05, 0) is 37.0 Å². The fourth-order valence-electron chi connectivity index (χ4n) is 4.19. The minimum absolute atomic E-state index is 0.0626. The zero-order valence-corrected chi connectivity index (χ0v) is 16.6. The molecule has 2 aromatic rings. The first-order valence-corrected chi connectivity index (χ1v) is 10.2. The second-order valence-electron chi connectivity index (χ2n) is 7.70. The summed E-state index contributed by atoms with van der Waals surface area (Å²) in [6, 6.07) is 4.41. The predicted octanol–water partition coefficient (Wildman–Crippen LogP) is 3.28. The van der Waals surface area contributed by atoms with Crippen molar-refractivity contribution in [3.8, 4) is 0 Å². The second kappa shape index (κ2) is 8.77. The molecule has 0 aliphatic carbocycles. The van der Waals surface area contributed by atoms with Gasteiger partial charge in [-0.25, -0.2) is 4.98 Å². The van der Waals surface area contributed by atoms with Gasteiger partial charge < -0.3 is 19.6 Å². The number of pyridine rings is 2. The van der Waals surface area contributed by atoms with Gasteiger partial charge >= 0.3 is 6.18 Å². The molecule has 1 atom stereocenters. The summed E-state index contributed by atoms with van der Waals surface area (Å²) in [5.74, 6) is 0.0626. The number of rotatable bonds is 4. The Hall–Kier alpha value is -2.39. The highest BCUT2D eigenvalue weighted by Gasteiger charge is 2.33. The Kier molecular flexibility index (Phi) is 6.10. The summed E-state index contributed by atoms with van der Waals surface area (Å²) in [6.07, 6.45) is 1.15. The topological polar surface area (TPSA) is 61.7 Å². The highest BCUT2D eigenvalue weighted by molar-refractivity contribution is 5.54. The summed E-state index contributed by atoms with van der Waals surface area (Å²) in [5, 5.41) is 11.1. The number of alkyl halides is 3. The van der Waals surface area contributed by atoms with E-state index in [4.69, 9.17) is 4.74 Å². The lowest BCUT2D eigenvalue weighted by molar-refractivity contribution is -0.141. The van der Waals surface area contributed by atoms with E-state index in [-0.39, 0.29) is 5.92 Å². The molecule has 0 spiro atoms. The Morgan fingerprint density at radius 3 is 2.37 bits per heavy atom. The summed E-state index contributed by atoms with van der Waals surface area (Å²) < 4.78 is 43.6. The lowest BCUT2D eigenvalue weighted by atomic mass is 9.87. The van der Waals surface area contributed by atoms with E-state index in [0.29, 0.717) is 32.0 Å². The van der Waals surface area contributed by atoms with Gasteiger partial charge in [0.05, 0.1) is 31.2 Å². The highest BCUT2D eigenvalue weighted by atomic mass is 19.4. The molecule has 2 saturated heterocycles. The molecule has 30 heavy (non-hydrogen) atoms. The molecular weight excluding hydrogens is 397 g/mol. The maximum atomic E-state index is 12.7. The smallest absolute Gasteiger partial charge is 0.388 e. The van der Waals surface area contributed by atoms with Crippen LogP contribution in [-0.4, -0.2) is 54.5 Å². The average Bonchev–Trinajstić information content (AvgIpc) is 2.79. The van der Waals surface area contributed by atoms with Crippen LogP contribution in [0.25, 0.3) is 0 Å². The fraction of sp³-hybridized carbons (Fsp3) is 0.524. The van der Waals surface area contributed by atoms with Crippen LogP contribution in [0.5, 0.6) is 0 Å². The van der Waals surface area contributed by atoms with E-state index in [0.717, 1.165) is 43.2 Å². The summed E-state index contributed by atoms with van der Waals surface area (Å²) in [6.45, 7) is 4.20. The zero-order valence-electron chi connectivity index (χ0n) is 16.6. The van der Waals surface area contributed by atoms with Gasteiger partial charge in [-0.15, -0.1) is 0 Å². The van der Waals surface area contributed by atoms with Crippen LogP contribution in [-0.2, 0) is 10.9 Å². The van der Waals surface area contributed by atoms with Crippen LogP contribution in [0.4, 0.5) is 24.5 Å². The van der Waals surface area contributed by atoms with Gasteiger partial charge in [-0.1, -0.05) is 0 Å². The van der Waals surface area contributed by atoms with E-state index in [9.17, 15) is 18.3 Å². The molecule has 2 aromatic heterocycles. The number of piperidine rings is 1. The van der Waals surface area contributed by atoms with Gasteiger partial charge in [-0.3, -0.25) is 4.98 Å². The zero-order chi connectivity index (χ0) is 21.1. The lowest BCUT2D eigenvalue weighted by Gasteiger charge is -2.37. The molecule has 1 unspecified atom stereocenters. The molecule has 2 aliphatic heterocycles. The quantitative estimate of drug-likeness (QED) is 0.816. The number of hydrogen-bond donors (Lipinski definition) is 1. The Morgan fingerprint density at radius 1 is 1.00 bits per heavy atom. The molecule has 2 aliphatic rings. The third kappa shape index (κ3) is 4.52. The molecule has 9 heteroatoms. The molecule has 162 valence electrons. The standard InChI is InChI=1S/C21H25F3N4O2/c22-21(23,24)19-2-1-16(13-26-19)27-7-4-15(5-8-27)20(29)17-14-25-6-3-18(17)28-9-11-30-12-10-28/h1-3,6,13-15,20,29H,4-5,7-12H2. The van der Waals surface area contributed by atoms with Crippen LogP contribution < -0.4 is 9.80 Å². The van der Waals surface area contributed by atoms with Crippen LogP contribution in [0.15, 0.2) is 36.8 Å². The van der Waals surface area contributed by atoms with Gasteiger partial charge in [0.25, 0.3) is 0 Å². The van der Waals surface area contributed by atoms with Gasteiger partial charge in [0, 0.05) is 49.8 Å². The Labute approximate surface area is 173 Å². The van der Waals surface area contributed by atoms with Crippen LogP contribution >= 0.6 is 0 Å². The first kappa shape index (κ1) is 20.9. The third-order valence-corrected chi connectivity index (χ3v) is 5.89. The predicted molar refractivity (Wildman–Crippen MR) is 106 cm³/mol.